The highest BCUT2D eigenvalue weighted by Crippen LogP contribution is 2.37. The molecule has 0 spiro atoms. The van der Waals surface area contributed by atoms with E-state index < -0.39 is 121 Å². The number of hydrogen-bond donors (Lipinski definition) is 3. The Morgan fingerprint density at radius 3 is 2.23 bits per heavy atom. The van der Waals surface area contributed by atoms with Crippen LogP contribution in [-0.4, -0.2) is 151 Å². The van der Waals surface area contributed by atoms with Crippen LogP contribution in [-0.2, 0) is 57.1 Å². The maximum atomic E-state index is 13.3. The lowest BCUT2D eigenvalue weighted by atomic mass is 9.82. The molecule has 16 heteroatoms. The van der Waals surface area contributed by atoms with Gasteiger partial charge in [0.05, 0.1) is 36.9 Å². The average molecular weight is 814 g/mol. The Bertz CT molecular complexity index is 1350. The van der Waals surface area contributed by atoms with Crippen LogP contribution in [0.1, 0.15) is 93.4 Å². The lowest BCUT2D eigenvalue weighted by Gasteiger charge is -2.50. The lowest BCUT2D eigenvalue weighted by Crippen LogP contribution is -2.66. The van der Waals surface area contributed by atoms with E-state index in [4.69, 9.17) is 37.9 Å². The highest BCUT2D eigenvalue weighted by Gasteiger charge is 2.53. The smallest absolute Gasteiger partial charge is 0.309 e. The second kappa shape index (κ2) is 22.5. The Kier molecular flexibility index (Phi) is 19.2. The fourth-order valence-corrected chi connectivity index (χ4v) is 7.82. The predicted molar refractivity (Wildman–Crippen MR) is 205 cm³/mol. The fourth-order valence-electron chi connectivity index (χ4n) is 7.82. The van der Waals surface area contributed by atoms with Gasteiger partial charge in [-0.05, 0) is 60.0 Å². The number of aliphatic hydroxyl groups excluding tert-OH is 2. The molecule has 2 fully saturated rings. The van der Waals surface area contributed by atoms with Crippen molar-refractivity contribution in [2.45, 2.75) is 179 Å². The summed E-state index contributed by atoms with van der Waals surface area (Å²) in [6.07, 6.45) is -4.08. The van der Waals surface area contributed by atoms with E-state index in [9.17, 15) is 34.5 Å². The first-order valence-electron chi connectivity index (χ1n) is 20.1. The quantitative estimate of drug-likeness (QED) is 0.147. The summed E-state index contributed by atoms with van der Waals surface area (Å²) in [7, 11) is 4.86. The number of carbonyl (C=O) groups is 4. The van der Waals surface area contributed by atoms with Gasteiger partial charge in [0.2, 0.25) is 0 Å². The van der Waals surface area contributed by atoms with E-state index in [1.165, 1.54) is 7.11 Å². The van der Waals surface area contributed by atoms with E-state index in [1.54, 1.807) is 78.8 Å². The van der Waals surface area contributed by atoms with Crippen molar-refractivity contribution in [3.05, 3.63) is 24.3 Å². The molecular weight excluding hydrogens is 746 g/mol. The van der Waals surface area contributed by atoms with Crippen molar-refractivity contribution in [1.29, 1.82) is 0 Å². The number of ether oxygens (including phenoxy) is 8. The van der Waals surface area contributed by atoms with Gasteiger partial charge in [-0.25, -0.2) is 0 Å². The van der Waals surface area contributed by atoms with Crippen molar-refractivity contribution >= 4 is 24.2 Å². The standard InChI is InChI=1S/C41H67NO15/c1-11-30(45)54-29-21-32(47)51-24(4)16-14-13-15-17-28(44)23(3)20-27(18-19-43)37(38(29)50-10)57-40-35(48)34(42(8)9)36(25(5)53-40)56-33-22-41(7,49)39(26(6)52-33)55-31(46)12-2/h13-15,17,19,23-29,33-40,44,48-49H,11-12,16,18,20-22H2,1-10H3/t23?,24?,25?,26?,27?,28?,29-,33+,34?,35?,36?,37?,38?,39?,40+,41+/m0/s1. The van der Waals surface area contributed by atoms with Crippen molar-refractivity contribution in [2.24, 2.45) is 11.8 Å². The van der Waals surface area contributed by atoms with Gasteiger partial charge in [0, 0.05) is 39.2 Å². The third-order valence-corrected chi connectivity index (χ3v) is 10.9. The molecule has 0 bridgehead atoms. The number of rotatable bonds is 12. The van der Waals surface area contributed by atoms with Crippen molar-refractivity contribution in [2.75, 3.05) is 21.2 Å². The Morgan fingerprint density at radius 2 is 1.63 bits per heavy atom. The molecule has 16 nitrogen and oxygen atoms in total. The van der Waals surface area contributed by atoms with Crippen LogP contribution < -0.4 is 0 Å². The molecule has 3 rings (SSSR count). The first-order valence-corrected chi connectivity index (χ1v) is 20.1. The SMILES string of the molecule is CCC(=O)OC1C(C)O[C@H](OC2C(C)O[C@H](OC3C(CC=O)CC(C)C(O)C=CC=CCC(C)OC(=O)C[C@H](OC(=O)CC)C3OC)C(O)C2N(C)C)C[C@@]1(C)O. The third-order valence-electron chi connectivity index (χ3n) is 10.9. The molecule has 3 N–H and O–H groups in total. The largest absolute Gasteiger partial charge is 0.462 e. The van der Waals surface area contributed by atoms with Crippen LogP contribution in [0.15, 0.2) is 24.3 Å². The molecule has 0 amide bonds. The fraction of sp³-hybridized carbons (Fsp3) is 0.805. The Labute approximate surface area is 337 Å². The minimum Gasteiger partial charge on any atom is -0.462 e. The monoisotopic (exact) mass is 813 g/mol. The normalized spacial score (nSPS) is 40.0. The maximum Gasteiger partial charge on any atom is 0.309 e. The molecule has 16 atom stereocenters. The number of cyclic esters (lactones) is 1. The van der Waals surface area contributed by atoms with E-state index in [0.717, 1.165) is 0 Å². The average Bonchev–Trinajstić information content (AvgIpc) is 3.13. The summed E-state index contributed by atoms with van der Waals surface area (Å²) in [5, 5.41) is 34.5. The van der Waals surface area contributed by atoms with E-state index >= 15 is 0 Å². The van der Waals surface area contributed by atoms with Crippen LogP contribution in [0.5, 0.6) is 0 Å². The maximum absolute atomic E-state index is 13.3. The summed E-state index contributed by atoms with van der Waals surface area (Å²) in [5.74, 6) is -2.82. The number of esters is 3. The van der Waals surface area contributed by atoms with E-state index in [1.807, 2.05) is 13.0 Å². The van der Waals surface area contributed by atoms with Gasteiger partial charge >= 0.3 is 17.9 Å². The number of likely N-dealkylation sites (N-methyl/N-ethyl adjacent to an activating group) is 1. The first-order chi connectivity index (χ1) is 26.9. The number of allylic oxidation sites excluding steroid dienone is 2. The van der Waals surface area contributed by atoms with Crippen molar-refractivity contribution in [3.8, 4) is 0 Å². The molecule has 0 aromatic heterocycles. The van der Waals surface area contributed by atoms with Gasteiger partial charge in [0.25, 0.3) is 0 Å². The highest BCUT2D eigenvalue weighted by molar-refractivity contribution is 5.72. The molecule has 0 aliphatic carbocycles. The Morgan fingerprint density at radius 1 is 0.965 bits per heavy atom. The van der Waals surface area contributed by atoms with E-state index in [-0.39, 0.29) is 32.1 Å². The molecule has 0 aromatic carbocycles. The zero-order chi connectivity index (χ0) is 42.6. The summed E-state index contributed by atoms with van der Waals surface area (Å²) < 4.78 is 48.5. The minimum atomic E-state index is -1.49. The first kappa shape index (κ1) is 48.6. The van der Waals surface area contributed by atoms with Gasteiger partial charge < -0.3 is 62.9 Å². The summed E-state index contributed by atoms with van der Waals surface area (Å²) in [4.78, 5) is 52.3. The van der Waals surface area contributed by atoms with E-state index in [0.29, 0.717) is 12.7 Å². The molecule has 0 aromatic rings. The highest BCUT2D eigenvalue weighted by atomic mass is 16.7. The molecule has 3 aliphatic rings. The minimum absolute atomic E-state index is 0.000633. The molecule has 2 saturated heterocycles. The van der Waals surface area contributed by atoms with Crippen LogP contribution in [0.4, 0.5) is 0 Å². The zero-order valence-electron chi connectivity index (χ0n) is 35.2. The topological polar surface area (TPSA) is 206 Å². The number of nitrogens with zero attached hydrogens (tertiary/aromatic N) is 1. The summed E-state index contributed by atoms with van der Waals surface area (Å²) >= 11 is 0. The van der Waals surface area contributed by atoms with Crippen molar-refractivity contribution in [1.82, 2.24) is 4.90 Å². The number of aliphatic hydroxyl groups is 3. The zero-order valence-corrected chi connectivity index (χ0v) is 35.2. The Hall–Kier alpha value is -2.80. The van der Waals surface area contributed by atoms with Gasteiger partial charge in [-0.15, -0.1) is 0 Å². The van der Waals surface area contributed by atoms with Gasteiger partial charge in [-0.3, -0.25) is 14.4 Å². The number of aldehydes is 1. The van der Waals surface area contributed by atoms with Crippen LogP contribution in [0.25, 0.3) is 0 Å². The molecule has 0 radical (unpaired) electrons. The molecule has 326 valence electrons. The van der Waals surface area contributed by atoms with Crippen molar-refractivity contribution < 1.29 is 72.4 Å². The van der Waals surface area contributed by atoms with Crippen LogP contribution in [0.3, 0.4) is 0 Å². The van der Waals surface area contributed by atoms with Gasteiger partial charge in [0.1, 0.15) is 42.4 Å². The molecule has 57 heavy (non-hydrogen) atoms. The van der Waals surface area contributed by atoms with Crippen LogP contribution >= 0.6 is 0 Å². The molecule has 12 unspecified atom stereocenters. The van der Waals surface area contributed by atoms with E-state index in [2.05, 4.69) is 0 Å². The van der Waals surface area contributed by atoms with Gasteiger partial charge in [-0.2, -0.15) is 0 Å². The van der Waals surface area contributed by atoms with Crippen LogP contribution in [0, 0.1) is 11.8 Å². The number of hydrogen-bond acceptors (Lipinski definition) is 16. The summed E-state index contributed by atoms with van der Waals surface area (Å²) in [6, 6.07) is -0.779. The summed E-state index contributed by atoms with van der Waals surface area (Å²) in [5.41, 5.74) is -1.49. The predicted octanol–water partition coefficient (Wildman–Crippen LogP) is 2.77. The molecule has 0 saturated carbocycles. The third kappa shape index (κ3) is 13.6. The lowest BCUT2D eigenvalue weighted by molar-refractivity contribution is -0.344. The molecular formula is C41H67NO15. The molecule has 3 aliphatic heterocycles. The Balaban J connectivity index is 2.01. The van der Waals surface area contributed by atoms with Gasteiger partial charge in [0.15, 0.2) is 18.7 Å². The molecule has 3 heterocycles. The summed E-state index contributed by atoms with van der Waals surface area (Å²) in [6.45, 7) is 11.8. The number of methoxy groups -OCH3 is 1. The second-order valence-electron chi connectivity index (χ2n) is 16.0. The van der Waals surface area contributed by atoms with Crippen molar-refractivity contribution in [3.63, 3.8) is 0 Å². The number of carbonyl (C=O) groups excluding carboxylic acids is 4. The van der Waals surface area contributed by atoms with Crippen LogP contribution in [0.2, 0.25) is 0 Å². The van der Waals surface area contributed by atoms with Gasteiger partial charge in [-0.1, -0.05) is 45.1 Å². The second-order valence-corrected chi connectivity index (χ2v) is 16.0.